The van der Waals surface area contributed by atoms with Gasteiger partial charge < -0.3 is 25.6 Å². The first kappa shape index (κ1) is 40.5. The summed E-state index contributed by atoms with van der Waals surface area (Å²) in [7, 11) is 1.26. The number of methoxy groups -OCH3 is 1. The fraction of sp³-hybridized carbons (Fsp3) is 0.646. The van der Waals surface area contributed by atoms with Crippen LogP contribution in [0.2, 0.25) is 0 Å². The van der Waals surface area contributed by atoms with Crippen molar-refractivity contribution in [3.05, 3.63) is 76.9 Å². The molecule has 304 valence electrons. The molecule has 0 aliphatic heterocycles. The van der Waals surface area contributed by atoms with E-state index in [1.54, 1.807) is 12.1 Å². The second kappa shape index (κ2) is 15.3. The molecule has 5 aliphatic carbocycles. The monoisotopic (exact) mass is 766 g/mol. The highest BCUT2D eigenvalue weighted by molar-refractivity contribution is 5.94. The van der Waals surface area contributed by atoms with E-state index in [-0.39, 0.29) is 57.4 Å². The predicted molar refractivity (Wildman–Crippen MR) is 219 cm³/mol. The van der Waals surface area contributed by atoms with Gasteiger partial charge in [-0.2, -0.15) is 0 Å². The van der Waals surface area contributed by atoms with Gasteiger partial charge in [0.1, 0.15) is 11.3 Å². The molecule has 0 aromatic heterocycles. The van der Waals surface area contributed by atoms with Crippen LogP contribution in [0, 0.1) is 57.2 Å². The first-order valence-corrected chi connectivity index (χ1v) is 21.4. The average Bonchev–Trinajstić information content (AvgIpc) is 3.54. The van der Waals surface area contributed by atoms with Crippen LogP contribution in [0.3, 0.4) is 0 Å². The van der Waals surface area contributed by atoms with E-state index < -0.39 is 5.97 Å². The lowest BCUT2D eigenvalue weighted by Crippen LogP contribution is -2.64. The maximum Gasteiger partial charge on any atom is 0.341 e. The molecule has 7 rings (SSSR count). The predicted octanol–water partition coefficient (Wildman–Crippen LogP) is 8.79. The van der Waals surface area contributed by atoms with E-state index in [0.717, 1.165) is 50.5 Å². The minimum atomic E-state index is -0.641. The summed E-state index contributed by atoms with van der Waals surface area (Å²) < 4.78 is 4.75. The van der Waals surface area contributed by atoms with Gasteiger partial charge in [0.25, 0.3) is 5.91 Å². The van der Waals surface area contributed by atoms with Gasteiger partial charge in [-0.05, 0) is 171 Å². The topological polar surface area (TPSA) is 125 Å². The Kier molecular flexibility index (Phi) is 11.1. The van der Waals surface area contributed by atoms with Crippen molar-refractivity contribution in [1.82, 2.24) is 10.6 Å². The quantitative estimate of drug-likeness (QED) is 0.142. The largest absolute Gasteiger partial charge is 0.507 e. The molecular formula is C48H66N2O6. The molecule has 8 nitrogen and oxygen atoms in total. The van der Waals surface area contributed by atoms with E-state index in [9.17, 15) is 24.6 Å². The minimum Gasteiger partial charge on any atom is -0.507 e. The lowest BCUT2D eigenvalue weighted by molar-refractivity contribution is -0.216. The molecule has 5 fully saturated rings. The average molecular weight is 767 g/mol. The number of aliphatic hydroxyl groups is 1. The van der Waals surface area contributed by atoms with Gasteiger partial charge in [-0.1, -0.05) is 51.5 Å². The molecule has 0 saturated heterocycles. The molecule has 2 aromatic carbocycles. The van der Waals surface area contributed by atoms with E-state index in [2.05, 4.69) is 51.8 Å². The summed E-state index contributed by atoms with van der Waals surface area (Å²) in [6, 6.07) is 12.1. The number of amides is 2. The number of nitrogens with one attached hydrogen (secondary N) is 2. The molecule has 56 heavy (non-hydrogen) atoms. The molecule has 8 heteroatoms. The van der Waals surface area contributed by atoms with Crippen LogP contribution >= 0.6 is 0 Å². The Balaban J connectivity index is 1.02. The van der Waals surface area contributed by atoms with Gasteiger partial charge in [0.05, 0.1) is 18.6 Å². The number of hydrogen-bond acceptors (Lipinski definition) is 6. The second-order valence-corrected chi connectivity index (χ2v) is 19.8. The maximum absolute atomic E-state index is 14.6. The number of hydrogen-bond donors (Lipinski definition) is 4. The first-order valence-electron chi connectivity index (χ1n) is 21.4. The first-order chi connectivity index (χ1) is 26.5. The van der Waals surface area contributed by atoms with Crippen LogP contribution in [0.25, 0.3) is 0 Å². The van der Waals surface area contributed by atoms with Crippen LogP contribution in [0.5, 0.6) is 5.75 Å². The van der Waals surface area contributed by atoms with E-state index >= 15 is 0 Å². The Morgan fingerprint density at radius 2 is 1.61 bits per heavy atom. The van der Waals surface area contributed by atoms with Crippen molar-refractivity contribution in [3.63, 3.8) is 0 Å². The van der Waals surface area contributed by atoms with Crippen molar-refractivity contribution >= 4 is 17.8 Å². The highest BCUT2D eigenvalue weighted by atomic mass is 16.5. The number of aromatic hydroxyl groups is 1. The zero-order valence-electron chi connectivity index (χ0n) is 34.7. The van der Waals surface area contributed by atoms with Gasteiger partial charge in [-0.25, -0.2) is 4.79 Å². The molecule has 4 N–H and O–H groups in total. The van der Waals surface area contributed by atoms with Crippen molar-refractivity contribution in [1.29, 1.82) is 0 Å². The molecule has 0 spiro atoms. The molecule has 10 atom stereocenters. The fourth-order valence-corrected chi connectivity index (χ4v) is 14.1. The van der Waals surface area contributed by atoms with Crippen molar-refractivity contribution in [3.8, 4) is 5.75 Å². The molecule has 5 saturated carbocycles. The van der Waals surface area contributed by atoms with Gasteiger partial charge in [-0.15, -0.1) is 6.58 Å². The van der Waals surface area contributed by atoms with Crippen molar-refractivity contribution in [2.75, 3.05) is 13.7 Å². The molecule has 0 radical (unpaired) electrons. The van der Waals surface area contributed by atoms with E-state index in [4.69, 9.17) is 4.74 Å². The number of phenols is 1. The maximum atomic E-state index is 14.6. The third-order valence-corrected chi connectivity index (χ3v) is 16.6. The third-order valence-electron chi connectivity index (χ3n) is 16.6. The second-order valence-electron chi connectivity index (χ2n) is 19.8. The van der Waals surface area contributed by atoms with Crippen LogP contribution in [0.15, 0.2) is 54.6 Å². The summed E-state index contributed by atoms with van der Waals surface area (Å²) in [5, 5.41) is 27.5. The van der Waals surface area contributed by atoms with E-state index in [0.29, 0.717) is 59.6 Å². The number of benzene rings is 2. The molecule has 5 aliphatic rings. The molecule has 2 aromatic rings. The summed E-state index contributed by atoms with van der Waals surface area (Å²) in [5.74, 6) is 2.42. The minimum absolute atomic E-state index is 0.0511. The van der Waals surface area contributed by atoms with Crippen LogP contribution in [0.4, 0.5) is 0 Å². The van der Waals surface area contributed by atoms with Gasteiger partial charge in [0, 0.05) is 18.7 Å². The molecule has 10 unspecified atom stereocenters. The third kappa shape index (κ3) is 6.90. The Morgan fingerprint density at radius 3 is 2.36 bits per heavy atom. The number of ether oxygens (including phenoxy) is 1. The summed E-state index contributed by atoms with van der Waals surface area (Å²) in [6.07, 6.45) is 12.4. The number of aliphatic hydroxyl groups excluding tert-OH is 1. The Bertz CT molecular complexity index is 1850. The fourth-order valence-electron chi connectivity index (χ4n) is 14.1. The number of esters is 1. The van der Waals surface area contributed by atoms with Crippen LogP contribution in [-0.2, 0) is 22.5 Å². The van der Waals surface area contributed by atoms with Gasteiger partial charge in [-0.3, -0.25) is 9.59 Å². The highest BCUT2D eigenvalue weighted by Crippen LogP contribution is 2.73. The van der Waals surface area contributed by atoms with Crippen LogP contribution in [-0.4, -0.2) is 47.8 Å². The number of carbonyl (C=O) groups excluding carboxylic acids is 3. The number of rotatable bonds is 10. The molecule has 2 amide bonds. The van der Waals surface area contributed by atoms with Gasteiger partial charge in [0.15, 0.2) is 0 Å². The SMILES string of the molecule is C=C(C)CC1CCC2(C(=O)NCCc3cccc(C(=O)NCc4ccc(O)c(C(=O)OC)c4)c3)CCC3C(CCC4C3(C)CCC3C(C)(C)C(O)CCC34C)C12. The zero-order valence-corrected chi connectivity index (χ0v) is 34.7. The smallest absolute Gasteiger partial charge is 0.341 e. The van der Waals surface area contributed by atoms with E-state index in [1.165, 1.54) is 50.5 Å². The van der Waals surface area contributed by atoms with E-state index in [1.807, 2.05) is 18.2 Å². The lowest BCUT2D eigenvalue weighted by atomic mass is 9.36. The molecule has 0 bridgehead atoms. The van der Waals surface area contributed by atoms with Crippen LogP contribution in [0.1, 0.15) is 137 Å². The summed E-state index contributed by atoms with van der Waals surface area (Å²) in [6.45, 7) is 17.1. The lowest BCUT2D eigenvalue weighted by Gasteiger charge is -2.69. The number of allylic oxidation sites excluding steroid dienone is 1. The van der Waals surface area contributed by atoms with Gasteiger partial charge in [0.2, 0.25) is 5.91 Å². The Morgan fingerprint density at radius 1 is 0.857 bits per heavy atom. The Labute approximate surface area is 334 Å². The van der Waals surface area contributed by atoms with Crippen molar-refractivity contribution < 1.29 is 29.3 Å². The number of phenolic OH excluding ortho intramolecular Hbond substituents is 1. The molecular weight excluding hydrogens is 701 g/mol. The van der Waals surface area contributed by atoms with Crippen molar-refractivity contribution in [2.24, 2.45) is 57.2 Å². The zero-order chi connectivity index (χ0) is 40.2. The highest BCUT2D eigenvalue weighted by Gasteiger charge is 2.68. The Hall–Kier alpha value is -3.65. The summed E-state index contributed by atoms with van der Waals surface area (Å²) in [4.78, 5) is 39.8. The normalized spacial score (nSPS) is 35.5. The summed E-state index contributed by atoms with van der Waals surface area (Å²) >= 11 is 0. The standard InChI is InChI=1S/C48H66N2O6/c1-29(2)25-32-15-22-48(23-16-36-34(41(32)48)12-14-39-46(36,5)20-17-38-45(3,4)40(52)18-21-47(38,39)6)44(55)49-24-19-30-9-8-10-33(26-30)42(53)50-28-31-11-13-37(51)35(27-31)43(54)56-7/h8-11,13,26-27,32,34,36,38-41,51-52H,1,12,14-25,28H2,2-7H3,(H,49,55)(H,50,53). The van der Waals surface area contributed by atoms with Gasteiger partial charge >= 0.3 is 5.97 Å². The van der Waals surface area contributed by atoms with Crippen molar-refractivity contribution in [2.45, 2.75) is 124 Å². The number of carbonyl (C=O) groups is 3. The number of fused-ring (bicyclic) bond motifs is 7. The van der Waals surface area contributed by atoms with Crippen LogP contribution < -0.4 is 10.6 Å². The summed E-state index contributed by atoms with van der Waals surface area (Å²) in [5.41, 5.74) is 3.56. The molecule has 0 heterocycles.